The van der Waals surface area contributed by atoms with Crippen LogP contribution in [0.3, 0.4) is 0 Å². The summed E-state index contributed by atoms with van der Waals surface area (Å²) in [6.45, 7) is 8.86. The van der Waals surface area contributed by atoms with Crippen molar-refractivity contribution in [2.75, 3.05) is 13.2 Å². The summed E-state index contributed by atoms with van der Waals surface area (Å²) in [5.41, 5.74) is 0. The Morgan fingerprint density at radius 1 is 1.24 bits per heavy atom. The number of alkyl halides is 1. The lowest BCUT2D eigenvalue weighted by Crippen LogP contribution is -2.28. The fraction of sp³-hybridized carbons (Fsp3) is 1.00. The zero-order valence-corrected chi connectivity index (χ0v) is 13.3. The van der Waals surface area contributed by atoms with Crippen molar-refractivity contribution in [2.45, 2.75) is 64.1 Å². The van der Waals surface area contributed by atoms with Crippen molar-refractivity contribution in [3.8, 4) is 0 Å². The molecule has 17 heavy (non-hydrogen) atoms. The predicted octanol–water partition coefficient (Wildman–Crippen LogP) is 5.03. The van der Waals surface area contributed by atoms with E-state index >= 15 is 0 Å². The molecule has 0 N–H and O–H groups in total. The van der Waals surface area contributed by atoms with Crippen LogP contribution in [0.2, 0.25) is 0 Å². The zero-order valence-electron chi connectivity index (χ0n) is 11.8. The van der Waals surface area contributed by atoms with Gasteiger partial charge in [-0.3, -0.25) is 0 Å². The number of ether oxygens (including phenoxy) is 1. The Hall–Kier alpha value is 0.440. The first kappa shape index (κ1) is 15.5. The molecule has 1 aliphatic rings. The van der Waals surface area contributed by atoms with Gasteiger partial charge in [0.25, 0.3) is 0 Å². The van der Waals surface area contributed by atoms with E-state index in [0.29, 0.717) is 0 Å². The van der Waals surface area contributed by atoms with Crippen LogP contribution in [-0.2, 0) is 4.74 Å². The molecule has 2 heteroatoms. The largest absolute Gasteiger partial charge is 0.381 e. The minimum absolute atomic E-state index is 0.729. The average molecular weight is 305 g/mol. The fourth-order valence-electron chi connectivity index (χ4n) is 2.75. The maximum absolute atomic E-state index is 5.70. The highest BCUT2D eigenvalue weighted by molar-refractivity contribution is 9.09. The topological polar surface area (TPSA) is 9.23 Å². The molecule has 0 aromatic rings. The Morgan fingerprint density at radius 3 is 2.65 bits per heavy atom. The third-order valence-corrected chi connectivity index (χ3v) is 5.35. The van der Waals surface area contributed by atoms with Crippen molar-refractivity contribution in [3.63, 3.8) is 0 Å². The van der Waals surface area contributed by atoms with Crippen LogP contribution in [0.5, 0.6) is 0 Å². The molecule has 0 spiro atoms. The van der Waals surface area contributed by atoms with Gasteiger partial charge in [0.05, 0.1) is 0 Å². The smallest absolute Gasteiger partial charge is 0.0469 e. The highest BCUT2D eigenvalue weighted by Gasteiger charge is 2.29. The van der Waals surface area contributed by atoms with Gasteiger partial charge < -0.3 is 4.74 Å². The lowest BCUT2D eigenvalue weighted by molar-refractivity contribution is 0.103. The molecule has 1 saturated carbocycles. The number of hydrogen-bond donors (Lipinski definition) is 0. The maximum Gasteiger partial charge on any atom is 0.0469 e. The third kappa shape index (κ3) is 5.74. The second kappa shape index (κ2) is 8.53. The van der Waals surface area contributed by atoms with Gasteiger partial charge in [0.1, 0.15) is 0 Å². The van der Waals surface area contributed by atoms with E-state index in [2.05, 4.69) is 36.7 Å². The summed E-state index contributed by atoms with van der Waals surface area (Å²) < 4.78 is 5.70. The molecular formula is C15H29BrO. The van der Waals surface area contributed by atoms with Crippen molar-refractivity contribution in [1.82, 2.24) is 0 Å². The number of hydrogen-bond acceptors (Lipinski definition) is 1. The Labute approximate surface area is 116 Å². The standard InChI is InChI=1S/C15H29BrO/c1-4-5-9-17-10-8-14-11-13(12(2)3)6-7-15(14)16/h12-15H,4-11H2,1-3H3. The van der Waals surface area contributed by atoms with E-state index < -0.39 is 0 Å². The zero-order chi connectivity index (χ0) is 12.7. The molecule has 0 amide bonds. The first-order valence-corrected chi connectivity index (χ1v) is 8.28. The van der Waals surface area contributed by atoms with E-state index in [-0.39, 0.29) is 0 Å². The monoisotopic (exact) mass is 304 g/mol. The average Bonchev–Trinajstić information content (AvgIpc) is 2.30. The molecule has 0 heterocycles. The van der Waals surface area contributed by atoms with Crippen LogP contribution in [0.25, 0.3) is 0 Å². The molecule has 1 nitrogen and oxygen atoms in total. The quantitative estimate of drug-likeness (QED) is 0.473. The second-order valence-electron chi connectivity index (χ2n) is 5.85. The van der Waals surface area contributed by atoms with E-state index in [9.17, 15) is 0 Å². The van der Waals surface area contributed by atoms with Crippen LogP contribution in [-0.4, -0.2) is 18.0 Å². The third-order valence-electron chi connectivity index (χ3n) is 4.15. The van der Waals surface area contributed by atoms with E-state index in [1.165, 1.54) is 38.5 Å². The summed E-state index contributed by atoms with van der Waals surface area (Å²) >= 11 is 3.86. The van der Waals surface area contributed by atoms with Crippen molar-refractivity contribution >= 4 is 15.9 Å². The van der Waals surface area contributed by atoms with Crippen LogP contribution in [0, 0.1) is 17.8 Å². The molecule has 1 aliphatic carbocycles. The van der Waals surface area contributed by atoms with Gasteiger partial charge in [0, 0.05) is 18.0 Å². The summed E-state index contributed by atoms with van der Waals surface area (Å²) in [7, 11) is 0. The van der Waals surface area contributed by atoms with Gasteiger partial charge in [-0.05, 0) is 49.9 Å². The van der Waals surface area contributed by atoms with Crippen LogP contribution in [0.15, 0.2) is 0 Å². The van der Waals surface area contributed by atoms with Crippen molar-refractivity contribution < 1.29 is 4.74 Å². The van der Waals surface area contributed by atoms with Gasteiger partial charge in [-0.2, -0.15) is 0 Å². The summed E-state index contributed by atoms with van der Waals surface area (Å²) in [6.07, 6.45) is 7.83. The molecule has 3 unspecified atom stereocenters. The number of halogens is 1. The van der Waals surface area contributed by atoms with E-state index in [1.54, 1.807) is 0 Å². The van der Waals surface area contributed by atoms with Gasteiger partial charge in [0.2, 0.25) is 0 Å². The Bertz CT molecular complexity index is 193. The summed E-state index contributed by atoms with van der Waals surface area (Å²) in [6, 6.07) is 0. The summed E-state index contributed by atoms with van der Waals surface area (Å²) in [5, 5.41) is 0. The summed E-state index contributed by atoms with van der Waals surface area (Å²) in [4.78, 5) is 0.729. The normalized spacial score (nSPS) is 29.8. The van der Waals surface area contributed by atoms with Gasteiger partial charge in [-0.25, -0.2) is 0 Å². The molecule has 0 aromatic carbocycles. The highest BCUT2D eigenvalue weighted by atomic mass is 79.9. The molecule has 1 rings (SSSR count). The number of unbranched alkanes of at least 4 members (excludes halogenated alkanes) is 1. The van der Waals surface area contributed by atoms with Gasteiger partial charge in [0.15, 0.2) is 0 Å². The van der Waals surface area contributed by atoms with Crippen molar-refractivity contribution in [1.29, 1.82) is 0 Å². The molecule has 0 radical (unpaired) electrons. The van der Waals surface area contributed by atoms with E-state index in [4.69, 9.17) is 4.74 Å². The molecule has 0 saturated heterocycles. The molecular weight excluding hydrogens is 276 g/mol. The van der Waals surface area contributed by atoms with Crippen molar-refractivity contribution in [2.24, 2.45) is 17.8 Å². The molecule has 3 atom stereocenters. The van der Waals surface area contributed by atoms with E-state index in [1.807, 2.05) is 0 Å². The number of rotatable bonds is 7. The SMILES string of the molecule is CCCCOCCC1CC(C(C)C)CCC1Br. The van der Waals surface area contributed by atoms with E-state index in [0.717, 1.165) is 35.8 Å². The first-order chi connectivity index (χ1) is 8.15. The molecule has 0 aromatic heterocycles. The fourth-order valence-corrected chi connectivity index (χ4v) is 3.50. The lowest BCUT2D eigenvalue weighted by Gasteiger charge is -2.35. The Morgan fingerprint density at radius 2 is 2.00 bits per heavy atom. The molecule has 1 fully saturated rings. The molecule has 0 bridgehead atoms. The predicted molar refractivity (Wildman–Crippen MR) is 78.7 cm³/mol. The van der Waals surface area contributed by atoms with Crippen LogP contribution < -0.4 is 0 Å². The van der Waals surface area contributed by atoms with Crippen LogP contribution in [0.1, 0.15) is 59.3 Å². The lowest BCUT2D eigenvalue weighted by atomic mass is 9.75. The molecule has 0 aliphatic heterocycles. The second-order valence-corrected chi connectivity index (χ2v) is 7.02. The van der Waals surface area contributed by atoms with Gasteiger partial charge >= 0.3 is 0 Å². The van der Waals surface area contributed by atoms with Crippen LogP contribution in [0.4, 0.5) is 0 Å². The van der Waals surface area contributed by atoms with Crippen molar-refractivity contribution in [3.05, 3.63) is 0 Å². The summed E-state index contributed by atoms with van der Waals surface area (Å²) in [5.74, 6) is 2.61. The minimum atomic E-state index is 0.729. The molecule has 102 valence electrons. The van der Waals surface area contributed by atoms with Crippen LogP contribution >= 0.6 is 15.9 Å². The minimum Gasteiger partial charge on any atom is -0.381 e. The first-order valence-electron chi connectivity index (χ1n) is 7.37. The maximum atomic E-state index is 5.70. The van der Waals surface area contributed by atoms with Gasteiger partial charge in [-0.1, -0.05) is 43.1 Å². The Kier molecular flexibility index (Phi) is 7.77. The van der Waals surface area contributed by atoms with Gasteiger partial charge in [-0.15, -0.1) is 0 Å². The highest BCUT2D eigenvalue weighted by Crippen LogP contribution is 2.38. The Balaban J connectivity index is 2.20.